The second-order valence-electron chi connectivity index (χ2n) is 7.66. The second kappa shape index (κ2) is 7.68. The Bertz CT molecular complexity index is 854. The zero-order chi connectivity index (χ0) is 19.6. The van der Waals surface area contributed by atoms with E-state index >= 15 is 0 Å². The van der Waals surface area contributed by atoms with Crippen LogP contribution in [0.3, 0.4) is 0 Å². The van der Waals surface area contributed by atoms with Crippen molar-refractivity contribution in [2.24, 2.45) is 0 Å². The van der Waals surface area contributed by atoms with Gasteiger partial charge in [-0.1, -0.05) is 26.8 Å². The van der Waals surface area contributed by atoms with E-state index in [-0.39, 0.29) is 23.7 Å². The minimum atomic E-state index is -0.163. The number of hydrogen-bond donors (Lipinski definition) is 1. The van der Waals surface area contributed by atoms with E-state index in [1.165, 1.54) is 11.3 Å². The first-order chi connectivity index (χ1) is 12.8. The highest BCUT2D eigenvalue weighted by atomic mass is 32.1. The van der Waals surface area contributed by atoms with Crippen LogP contribution in [0.4, 0.5) is 10.8 Å². The predicted molar refractivity (Wildman–Crippen MR) is 108 cm³/mol. The van der Waals surface area contributed by atoms with Crippen molar-refractivity contribution in [3.63, 3.8) is 0 Å². The van der Waals surface area contributed by atoms with E-state index in [4.69, 9.17) is 4.74 Å². The maximum Gasteiger partial charge on any atom is 0.230 e. The van der Waals surface area contributed by atoms with E-state index < -0.39 is 0 Å². The van der Waals surface area contributed by atoms with Gasteiger partial charge in [-0.25, -0.2) is 4.98 Å². The molecule has 144 valence electrons. The van der Waals surface area contributed by atoms with Gasteiger partial charge in [-0.3, -0.25) is 14.5 Å². The zero-order valence-electron chi connectivity index (χ0n) is 16.2. The van der Waals surface area contributed by atoms with Gasteiger partial charge in [0.2, 0.25) is 11.8 Å². The van der Waals surface area contributed by atoms with Gasteiger partial charge in [0.1, 0.15) is 5.75 Å². The molecule has 1 aromatic heterocycles. The third kappa shape index (κ3) is 4.47. The van der Waals surface area contributed by atoms with E-state index in [9.17, 15) is 9.59 Å². The smallest absolute Gasteiger partial charge is 0.230 e. The average Bonchev–Trinajstić information content (AvgIpc) is 3.22. The molecule has 2 heterocycles. The lowest BCUT2D eigenvalue weighted by molar-refractivity contribution is -0.117. The lowest BCUT2D eigenvalue weighted by Crippen LogP contribution is -2.23. The van der Waals surface area contributed by atoms with Crippen LogP contribution in [-0.2, 0) is 21.4 Å². The Morgan fingerprint density at radius 2 is 2.15 bits per heavy atom. The molecule has 0 saturated carbocycles. The third-order valence-corrected chi connectivity index (χ3v) is 5.44. The van der Waals surface area contributed by atoms with Gasteiger partial charge in [0, 0.05) is 18.3 Å². The fourth-order valence-electron chi connectivity index (χ4n) is 2.98. The molecule has 2 amide bonds. The normalized spacial score (nSPS) is 14.5. The molecule has 0 bridgehead atoms. The van der Waals surface area contributed by atoms with Gasteiger partial charge in [0.05, 0.1) is 24.9 Å². The van der Waals surface area contributed by atoms with Gasteiger partial charge in [-0.2, -0.15) is 0 Å². The van der Waals surface area contributed by atoms with Crippen LogP contribution in [0.25, 0.3) is 0 Å². The summed E-state index contributed by atoms with van der Waals surface area (Å²) in [6.45, 7) is 7.07. The van der Waals surface area contributed by atoms with Gasteiger partial charge in [-0.05, 0) is 29.5 Å². The first-order valence-electron chi connectivity index (χ1n) is 9.01. The van der Waals surface area contributed by atoms with Crippen LogP contribution < -0.4 is 15.0 Å². The summed E-state index contributed by atoms with van der Waals surface area (Å²) in [4.78, 5) is 30.5. The summed E-state index contributed by atoms with van der Waals surface area (Å²) in [7, 11) is 1.58. The Labute approximate surface area is 163 Å². The van der Waals surface area contributed by atoms with Crippen LogP contribution in [0.1, 0.15) is 44.9 Å². The van der Waals surface area contributed by atoms with E-state index in [1.54, 1.807) is 12.0 Å². The van der Waals surface area contributed by atoms with Gasteiger partial charge in [0.25, 0.3) is 0 Å². The third-order valence-electron chi connectivity index (χ3n) is 4.53. The molecule has 3 rings (SSSR count). The summed E-state index contributed by atoms with van der Waals surface area (Å²) < 4.78 is 5.38. The average molecular weight is 388 g/mol. The SMILES string of the molecule is COc1ccc(C(C)(C)C)cc1NC(=O)Cc1csc(N2CCCC2=O)n1. The minimum Gasteiger partial charge on any atom is -0.495 e. The molecule has 1 aliphatic rings. The molecule has 27 heavy (non-hydrogen) atoms. The van der Waals surface area contributed by atoms with Crippen molar-refractivity contribution in [1.29, 1.82) is 0 Å². The molecule has 0 radical (unpaired) electrons. The molecular formula is C20H25N3O3S. The van der Waals surface area contributed by atoms with E-state index in [0.717, 1.165) is 12.0 Å². The maximum atomic E-state index is 12.5. The zero-order valence-corrected chi connectivity index (χ0v) is 17.0. The Kier molecular flexibility index (Phi) is 5.51. The second-order valence-corrected chi connectivity index (χ2v) is 8.50. The Hall–Kier alpha value is -2.41. The van der Waals surface area contributed by atoms with E-state index in [0.29, 0.717) is 35.2 Å². The van der Waals surface area contributed by atoms with Crippen LogP contribution in [0, 0.1) is 0 Å². The van der Waals surface area contributed by atoms with Crippen molar-refractivity contribution >= 4 is 34.0 Å². The summed E-state index contributed by atoms with van der Waals surface area (Å²) in [6.07, 6.45) is 1.58. The molecule has 6 nitrogen and oxygen atoms in total. The summed E-state index contributed by atoms with van der Waals surface area (Å²) in [5, 5.41) is 5.44. The van der Waals surface area contributed by atoms with Crippen molar-refractivity contribution in [3.8, 4) is 5.75 Å². The first kappa shape index (κ1) is 19.4. The molecule has 2 aromatic rings. The molecule has 1 saturated heterocycles. The van der Waals surface area contributed by atoms with Crippen LogP contribution in [0.15, 0.2) is 23.6 Å². The highest BCUT2D eigenvalue weighted by Gasteiger charge is 2.24. The van der Waals surface area contributed by atoms with Crippen LogP contribution in [-0.4, -0.2) is 30.5 Å². The molecule has 0 spiro atoms. The van der Waals surface area contributed by atoms with Gasteiger partial charge in [0.15, 0.2) is 5.13 Å². The highest BCUT2D eigenvalue weighted by molar-refractivity contribution is 7.14. The van der Waals surface area contributed by atoms with Crippen LogP contribution >= 0.6 is 11.3 Å². The van der Waals surface area contributed by atoms with Gasteiger partial charge >= 0.3 is 0 Å². The van der Waals surface area contributed by atoms with Crippen LogP contribution in [0.5, 0.6) is 5.75 Å². The van der Waals surface area contributed by atoms with Crippen molar-refractivity contribution in [3.05, 3.63) is 34.8 Å². The number of carbonyl (C=O) groups excluding carboxylic acids is 2. The number of benzene rings is 1. The Morgan fingerprint density at radius 3 is 2.78 bits per heavy atom. The fraction of sp³-hybridized carbons (Fsp3) is 0.450. The molecule has 7 heteroatoms. The lowest BCUT2D eigenvalue weighted by atomic mass is 9.87. The van der Waals surface area contributed by atoms with Crippen molar-refractivity contribution in [2.75, 3.05) is 23.9 Å². The summed E-state index contributed by atoms with van der Waals surface area (Å²) in [5.74, 6) is 0.561. The molecule has 1 N–H and O–H groups in total. The number of nitrogens with one attached hydrogen (secondary N) is 1. The summed E-state index contributed by atoms with van der Waals surface area (Å²) >= 11 is 1.40. The highest BCUT2D eigenvalue weighted by Crippen LogP contribution is 2.32. The number of rotatable bonds is 5. The molecular weight excluding hydrogens is 362 g/mol. The Balaban J connectivity index is 1.71. The number of amides is 2. The molecule has 1 aliphatic heterocycles. The summed E-state index contributed by atoms with van der Waals surface area (Å²) in [5.41, 5.74) is 2.40. The van der Waals surface area contributed by atoms with E-state index in [1.807, 2.05) is 23.6 Å². The molecule has 0 unspecified atom stereocenters. The quantitative estimate of drug-likeness (QED) is 0.848. The number of thiazole rings is 1. The van der Waals surface area contributed by atoms with Gasteiger partial charge < -0.3 is 10.1 Å². The van der Waals surface area contributed by atoms with Gasteiger partial charge in [-0.15, -0.1) is 11.3 Å². The largest absolute Gasteiger partial charge is 0.495 e. The number of aromatic nitrogens is 1. The number of ether oxygens (including phenoxy) is 1. The number of hydrogen-bond acceptors (Lipinski definition) is 5. The molecule has 0 atom stereocenters. The standard InChI is InChI=1S/C20H25N3O3S/c1-20(2,3)13-7-8-16(26-4)15(10-13)22-17(24)11-14-12-27-19(21-14)23-9-5-6-18(23)25/h7-8,10,12H,5-6,9,11H2,1-4H3,(H,22,24). The number of nitrogens with zero attached hydrogens (tertiary/aromatic N) is 2. The fourth-order valence-corrected chi connectivity index (χ4v) is 3.85. The monoisotopic (exact) mass is 387 g/mol. The minimum absolute atomic E-state index is 0.0299. The molecule has 1 aromatic carbocycles. The summed E-state index contributed by atoms with van der Waals surface area (Å²) in [6, 6.07) is 5.83. The van der Waals surface area contributed by atoms with E-state index in [2.05, 4.69) is 31.1 Å². The van der Waals surface area contributed by atoms with Crippen LogP contribution in [0.2, 0.25) is 0 Å². The Morgan fingerprint density at radius 1 is 1.37 bits per heavy atom. The maximum absolute atomic E-state index is 12.5. The first-order valence-corrected chi connectivity index (χ1v) is 9.89. The van der Waals surface area contributed by atoms with Crippen molar-refractivity contribution < 1.29 is 14.3 Å². The number of carbonyl (C=O) groups is 2. The number of methoxy groups -OCH3 is 1. The van der Waals surface area contributed by atoms with Crippen molar-refractivity contribution in [1.82, 2.24) is 4.98 Å². The lowest BCUT2D eigenvalue weighted by Gasteiger charge is -2.21. The predicted octanol–water partition coefficient (Wildman–Crippen LogP) is 3.76. The topological polar surface area (TPSA) is 71.5 Å². The number of anilines is 2. The molecule has 1 fully saturated rings. The molecule has 0 aliphatic carbocycles. The van der Waals surface area contributed by atoms with Crippen molar-refractivity contribution in [2.45, 2.75) is 45.4 Å².